The minimum absolute atomic E-state index is 0.150. The van der Waals surface area contributed by atoms with E-state index in [2.05, 4.69) is 0 Å². The van der Waals surface area contributed by atoms with Crippen molar-refractivity contribution in [3.63, 3.8) is 0 Å². The molecule has 0 saturated heterocycles. The molecule has 21 heavy (non-hydrogen) atoms. The largest absolute Gasteiger partial charge is 0.494 e. The van der Waals surface area contributed by atoms with Crippen LogP contribution in [0, 0.1) is 5.82 Å². The second-order valence-corrected chi connectivity index (χ2v) is 5.08. The van der Waals surface area contributed by atoms with E-state index in [0.29, 0.717) is 21.9 Å². The number of nitrogens with two attached hydrogens (primary N) is 1. The van der Waals surface area contributed by atoms with Crippen LogP contribution in [0.2, 0.25) is 5.02 Å². The number of methoxy groups -OCH3 is 1. The molecule has 0 unspecified atom stereocenters. The van der Waals surface area contributed by atoms with Gasteiger partial charge in [-0.25, -0.2) is 4.39 Å². The Bertz CT molecular complexity index is 679. The van der Waals surface area contributed by atoms with E-state index in [9.17, 15) is 4.39 Å². The lowest BCUT2D eigenvalue weighted by Gasteiger charge is -2.12. The maximum Gasteiger partial charge on any atom is 0.165 e. The molecule has 0 aliphatic heterocycles. The SMILES string of the molecule is COc1ccc(COc2cccc(Cl)c2C(N)=S)cc1F. The Balaban J connectivity index is 2.19. The third kappa shape index (κ3) is 3.62. The molecule has 0 aromatic heterocycles. The molecule has 0 spiro atoms. The number of halogens is 2. The van der Waals surface area contributed by atoms with Gasteiger partial charge in [-0.3, -0.25) is 0 Å². The van der Waals surface area contributed by atoms with Crippen LogP contribution in [0.5, 0.6) is 11.5 Å². The molecule has 3 nitrogen and oxygen atoms in total. The maximum atomic E-state index is 13.6. The van der Waals surface area contributed by atoms with Gasteiger partial charge >= 0.3 is 0 Å². The summed E-state index contributed by atoms with van der Waals surface area (Å²) in [5.41, 5.74) is 6.77. The van der Waals surface area contributed by atoms with Crippen molar-refractivity contribution in [2.45, 2.75) is 6.61 Å². The molecule has 0 bridgehead atoms. The van der Waals surface area contributed by atoms with E-state index in [4.69, 9.17) is 39.0 Å². The van der Waals surface area contributed by atoms with Gasteiger partial charge in [0.2, 0.25) is 0 Å². The second kappa shape index (κ2) is 6.74. The Morgan fingerprint density at radius 1 is 1.29 bits per heavy atom. The molecule has 2 aromatic rings. The van der Waals surface area contributed by atoms with Crippen LogP contribution in [0.3, 0.4) is 0 Å². The average molecular weight is 326 g/mol. The highest BCUT2D eigenvalue weighted by Gasteiger charge is 2.11. The summed E-state index contributed by atoms with van der Waals surface area (Å²) in [6.07, 6.45) is 0. The van der Waals surface area contributed by atoms with Crippen LogP contribution in [0.4, 0.5) is 4.39 Å². The van der Waals surface area contributed by atoms with Crippen molar-refractivity contribution in [3.05, 3.63) is 58.4 Å². The molecule has 2 rings (SSSR count). The maximum absolute atomic E-state index is 13.6. The zero-order valence-electron chi connectivity index (χ0n) is 11.2. The smallest absolute Gasteiger partial charge is 0.165 e. The summed E-state index contributed by atoms with van der Waals surface area (Å²) in [6, 6.07) is 9.72. The van der Waals surface area contributed by atoms with Crippen LogP contribution in [0.15, 0.2) is 36.4 Å². The van der Waals surface area contributed by atoms with Crippen molar-refractivity contribution >= 4 is 28.8 Å². The lowest BCUT2D eigenvalue weighted by Crippen LogP contribution is -2.12. The van der Waals surface area contributed by atoms with E-state index in [-0.39, 0.29) is 17.3 Å². The first-order valence-corrected chi connectivity index (χ1v) is 6.85. The number of hydrogen-bond acceptors (Lipinski definition) is 3. The van der Waals surface area contributed by atoms with Crippen molar-refractivity contribution in [2.75, 3.05) is 7.11 Å². The predicted octanol–water partition coefficient (Wildman–Crippen LogP) is 3.70. The Hall–Kier alpha value is -1.85. The van der Waals surface area contributed by atoms with Crippen molar-refractivity contribution in [3.8, 4) is 11.5 Å². The fourth-order valence-electron chi connectivity index (χ4n) is 1.82. The first-order valence-electron chi connectivity index (χ1n) is 6.06. The average Bonchev–Trinajstić information content (AvgIpc) is 2.44. The van der Waals surface area contributed by atoms with Crippen LogP contribution in [0.1, 0.15) is 11.1 Å². The lowest BCUT2D eigenvalue weighted by molar-refractivity contribution is 0.304. The molecule has 6 heteroatoms. The van der Waals surface area contributed by atoms with E-state index < -0.39 is 5.82 Å². The van der Waals surface area contributed by atoms with Crippen LogP contribution >= 0.6 is 23.8 Å². The van der Waals surface area contributed by atoms with Crippen molar-refractivity contribution < 1.29 is 13.9 Å². The van der Waals surface area contributed by atoms with E-state index >= 15 is 0 Å². The van der Waals surface area contributed by atoms with Gasteiger partial charge in [-0.15, -0.1) is 0 Å². The monoisotopic (exact) mass is 325 g/mol. The molecule has 0 fully saturated rings. The predicted molar refractivity (Wildman–Crippen MR) is 84.6 cm³/mol. The van der Waals surface area contributed by atoms with Crippen molar-refractivity contribution in [1.29, 1.82) is 0 Å². The minimum Gasteiger partial charge on any atom is -0.494 e. The highest BCUT2D eigenvalue weighted by molar-refractivity contribution is 7.80. The molecule has 0 saturated carbocycles. The van der Waals surface area contributed by atoms with Crippen molar-refractivity contribution in [1.82, 2.24) is 0 Å². The van der Waals surface area contributed by atoms with Gasteiger partial charge in [-0.1, -0.05) is 36.0 Å². The fourth-order valence-corrected chi connectivity index (χ4v) is 2.36. The van der Waals surface area contributed by atoms with E-state index in [1.165, 1.54) is 13.2 Å². The van der Waals surface area contributed by atoms with Gasteiger partial charge in [0.05, 0.1) is 17.7 Å². The fraction of sp³-hybridized carbons (Fsp3) is 0.133. The Morgan fingerprint density at radius 3 is 2.67 bits per heavy atom. The topological polar surface area (TPSA) is 44.5 Å². The quantitative estimate of drug-likeness (QED) is 0.851. The Morgan fingerprint density at radius 2 is 2.05 bits per heavy atom. The van der Waals surface area contributed by atoms with E-state index in [1.807, 2.05) is 0 Å². The first kappa shape index (κ1) is 15.5. The first-order chi connectivity index (χ1) is 10.0. The summed E-state index contributed by atoms with van der Waals surface area (Å²) in [5.74, 6) is 0.204. The summed E-state index contributed by atoms with van der Waals surface area (Å²) < 4.78 is 24.1. The standard InChI is InChI=1S/C15H13ClFNO2S/c1-19-12-6-5-9(7-11(12)17)8-20-13-4-2-3-10(16)14(13)15(18)21/h2-7H,8H2,1H3,(H2,18,21). The molecule has 2 N–H and O–H groups in total. The van der Waals surface area contributed by atoms with Gasteiger partial charge in [0, 0.05) is 0 Å². The molecule has 110 valence electrons. The van der Waals surface area contributed by atoms with Gasteiger partial charge in [-0.2, -0.15) is 0 Å². The number of hydrogen-bond donors (Lipinski definition) is 1. The van der Waals surface area contributed by atoms with E-state index in [1.54, 1.807) is 30.3 Å². The van der Waals surface area contributed by atoms with Crippen LogP contribution in [-0.2, 0) is 6.61 Å². The van der Waals surface area contributed by atoms with Gasteiger partial charge in [0.15, 0.2) is 11.6 Å². The Kier molecular flexibility index (Phi) is 4.98. The minimum atomic E-state index is -0.445. The molecule has 0 amide bonds. The number of benzene rings is 2. The summed E-state index contributed by atoms with van der Waals surface area (Å²) in [4.78, 5) is 0.150. The lowest BCUT2D eigenvalue weighted by atomic mass is 10.2. The molecule has 0 atom stereocenters. The molecule has 0 aliphatic carbocycles. The summed E-state index contributed by atoms with van der Waals surface area (Å²) in [5, 5.41) is 0.418. The zero-order chi connectivity index (χ0) is 15.4. The second-order valence-electron chi connectivity index (χ2n) is 4.23. The van der Waals surface area contributed by atoms with Gasteiger partial charge in [-0.05, 0) is 29.8 Å². The number of rotatable bonds is 5. The highest BCUT2D eigenvalue weighted by Crippen LogP contribution is 2.27. The number of ether oxygens (including phenoxy) is 2. The molecule has 0 heterocycles. The van der Waals surface area contributed by atoms with E-state index in [0.717, 1.165) is 0 Å². The van der Waals surface area contributed by atoms with Crippen LogP contribution < -0.4 is 15.2 Å². The van der Waals surface area contributed by atoms with Crippen molar-refractivity contribution in [2.24, 2.45) is 5.73 Å². The third-order valence-electron chi connectivity index (χ3n) is 2.83. The van der Waals surface area contributed by atoms with Gasteiger partial charge < -0.3 is 15.2 Å². The molecule has 2 aromatic carbocycles. The summed E-state index contributed by atoms with van der Waals surface area (Å²) >= 11 is 11.0. The molecule has 0 aliphatic rings. The molecular formula is C15H13ClFNO2S. The zero-order valence-corrected chi connectivity index (χ0v) is 12.8. The van der Waals surface area contributed by atoms with Gasteiger partial charge in [0.1, 0.15) is 17.3 Å². The third-order valence-corrected chi connectivity index (χ3v) is 3.35. The highest BCUT2D eigenvalue weighted by atomic mass is 35.5. The Labute approximate surface area is 132 Å². The van der Waals surface area contributed by atoms with Crippen LogP contribution in [0.25, 0.3) is 0 Å². The van der Waals surface area contributed by atoms with Crippen LogP contribution in [-0.4, -0.2) is 12.1 Å². The molecular weight excluding hydrogens is 313 g/mol. The summed E-state index contributed by atoms with van der Waals surface area (Å²) in [7, 11) is 1.41. The molecule has 0 radical (unpaired) electrons. The van der Waals surface area contributed by atoms with Gasteiger partial charge in [0.25, 0.3) is 0 Å². The summed E-state index contributed by atoms with van der Waals surface area (Å²) in [6.45, 7) is 0.164. The number of thiocarbonyl (C=S) groups is 1. The normalized spacial score (nSPS) is 10.2.